The molecular weight excluding hydrogens is 369 g/mol. The van der Waals surface area contributed by atoms with E-state index in [0.717, 1.165) is 14.9 Å². The second-order valence-electron chi connectivity index (χ2n) is 4.77. The summed E-state index contributed by atoms with van der Waals surface area (Å²) < 4.78 is 19.1. The van der Waals surface area contributed by atoms with Gasteiger partial charge in [-0.3, -0.25) is 9.69 Å². The number of esters is 1. The van der Waals surface area contributed by atoms with Crippen molar-refractivity contribution in [3.63, 3.8) is 0 Å². The van der Waals surface area contributed by atoms with E-state index in [9.17, 15) is 9.18 Å². The lowest BCUT2D eigenvalue weighted by Gasteiger charge is -2.21. The van der Waals surface area contributed by atoms with Gasteiger partial charge in [0.05, 0.1) is 13.2 Å². The van der Waals surface area contributed by atoms with Gasteiger partial charge >= 0.3 is 5.97 Å². The van der Waals surface area contributed by atoms with Gasteiger partial charge in [-0.25, -0.2) is 4.39 Å². The van der Waals surface area contributed by atoms with Crippen molar-refractivity contribution in [2.75, 3.05) is 13.2 Å². The Morgan fingerprint density at radius 1 is 1.27 bits per heavy atom. The molecule has 0 N–H and O–H groups in total. The Hall–Kier alpha value is -1.24. The number of hydrogen-bond acceptors (Lipinski definition) is 4. The molecule has 1 aromatic carbocycles. The van der Waals surface area contributed by atoms with E-state index >= 15 is 0 Å². The second kappa shape index (κ2) is 8.41. The average molecular weight is 386 g/mol. The highest BCUT2D eigenvalue weighted by Gasteiger charge is 2.15. The molecule has 0 amide bonds. The lowest BCUT2D eigenvalue weighted by atomic mass is 10.2. The molecule has 3 nitrogen and oxygen atoms in total. The van der Waals surface area contributed by atoms with Crippen LogP contribution in [0.15, 0.2) is 40.2 Å². The van der Waals surface area contributed by atoms with Crippen molar-refractivity contribution in [2.45, 2.75) is 20.0 Å². The summed E-state index contributed by atoms with van der Waals surface area (Å²) in [5.41, 5.74) is 0.957. The van der Waals surface area contributed by atoms with Gasteiger partial charge in [0.25, 0.3) is 0 Å². The molecule has 0 atom stereocenters. The molecule has 0 radical (unpaired) electrons. The lowest BCUT2D eigenvalue weighted by Crippen LogP contribution is -2.30. The fourth-order valence-electron chi connectivity index (χ4n) is 2.05. The van der Waals surface area contributed by atoms with E-state index in [-0.39, 0.29) is 18.3 Å². The minimum Gasteiger partial charge on any atom is -0.465 e. The number of benzene rings is 1. The average Bonchev–Trinajstić information content (AvgIpc) is 2.87. The standard InChI is InChI=1S/C16H17BrFNO2S/c1-2-21-16(20)11-19(10-15-14(17)7-8-22-15)9-12-3-5-13(18)6-4-12/h3-8H,2,9-11H2,1H3. The fourth-order valence-corrected chi connectivity index (χ4v) is 3.56. The highest BCUT2D eigenvalue weighted by Crippen LogP contribution is 2.24. The van der Waals surface area contributed by atoms with Gasteiger partial charge < -0.3 is 4.74 Å². The predicted octanol–water partition coefficient (Wildman–Crippen LogP) is 4.22. The normalized spacial score (nSPS) is 10.9. The third kappa shape index (κ3) is 5.19. The van der Waals surface area contributed by atoms with Gasteiger partial charge in [0.1, 0.15) is 5.82 Å². The number of hydrogen-bond donors (Lipinski definition) is 0. The van der Waals surface area contributed by atoms with Gasteiger partial charge in [0.15, 0.2) is 0 Å². The quantitative estimate of drug-likeness (QED) is 0.668. The Morgan fingerprint density at radius 3 is 2.59 bits per heavy atom. The van der Waals surface area contributed by atoms with Crippen molar-refractivity contribution in [1.29, 1.82) is 0 Å². The van der Waals surface area contributed by atoms with E-state index in [4.69, 9.17) is 4.74 Å². The number of halogens is 2. The highest BCUT2D eigenvalue weighted by atomic mass is 79.9. The molecule has 1 aromatic heterocycles. The summed E-state index contributed by atoms with van der Waals surface area (Å²) in [4.78, 5) is 14.9. The molecule has 22 heavy (non-hydrogen) atoms. The Morgan fingerprint density at radius 2 is 2.00 bits per heavy atom. The molecule has 2 rings (SSSR count). The van der Waals surface area contributed by atoms with Crippen molar-refractivity contribution < 1.29 is 13.9 Å². The topological polar surface area (TPSA) is 29.5 Å². The largest absolute Gasteiger partial charge is 0.465 e. The zero-order valence-corrected chi connectivity index (χ0v) is 14.6. The lowest BCUT2D eigenvalue weighted by molar-refractivity contribution is -0.144. The molecular formula is C16H17BrFNO2S. The Bertz CT molecular complexity index is 615. The van der Waals surface area contributed by atoms with E-state index in [0.29, 0.717) is 19.7 Å². The summed E-state index contributed by atoms with van der Waals surface area (Å²) in [5.74, 6) is -0.515. The van der Waals surface area contributed by atoms with Gasteiger partial charge in [0, 0.05) is 22.4 Å². The number of carbonyl (C=O) groups excluding carboxylic acids is 1. The van der Waals surface area contributed by atoms with E-state index in [1.807, 2.05) is 16.3 Å². The molecule has 0 spiro atoms. The van der Waals surface area contributed by atoms with Gasteiger partial charge in [-0.2, -0.15) is 0 Å². The summed E-state index contributed by atoms with van der Waals surface area (Å²) in [6.45, 7) is 3.55. The minimum absolute atomic E-state index is 0.204. The fraction of sp³-hybridized carbons (Fsp3) is 0.312. The first-order valence-electron chi connectivity index (χ1n) is 6.92. The van der Waals surface area contributed by atoms with Crippen molar-refractivity contribution in [3.8, 4) is 0 Å². The summed E-state index contributed by atoms with van der Waals surface area (Å²) in [6.07, 6.45) is 0. The number of ether oxygens (including phenoxy) is 1. The van der Waals surface area contributed by atoms with E-state index in [2.05, 4.69) is 15.9 Å². The molecule has 118 valence electrons. The third-order valence-electron chi connectivity index (χ3n) is 3.04. The van der Waals surface area contributed by atoms with Crippen molar-refractivity contribution in [1.82, 2.24) is 4.90 Å². The molecule has 0 bridgehead atoms. The van der Waals surface area contributed by atoms with E-state index < -0.39 is 0 Å². The van der Waals surface area contributed by atoms with Gasteiger partial charge in [-0.15, -0.1) is 11.3 Å². The number of carbonyl (C=O) groups is 1. The summed E-state index contributed by atoms with van der Waals surface area (Å²) >= 11 is 5.14. The molecule has 1 heterocycles. The Kier molecular flexibility index (Phi) is 6.54. The maximum atomic E-state index is 13.0. The molecule has 0 saturated heterocycles. The van der Waals surface area contributed by atoms with Crippen LogP contribution in [0, 0.1) is 5.82 Å². The van der Waals surface area contributed by atoms with Crippen LogP contribution in [0.2, 0.25) is 0 Å². The zero-order chi connectivity index (χ0) is 15.9. The molecule has 0 aliphatic carbocycles. The summed E-state index contributed by atoms with van der Waals surface area (Å²) in [5, 5.41) is 2.00. The SMILES string of the molecule is CCOC(=O)CN(Cc1ccc(F)cc1)Cc1sccc1Br. The molecule has 0 saturated carbocycles. The monoisotopic (exact) mass is 385 g/mol. The predicted molar refractivity (Wildman–Crippen MR) is 89.2 cm³/mol. The third-order valence-corrected chi connectivity index (χ3v) is 4.95. The van der Waals surface area contributed by atoms with Crippen LogP contribution in [0.5, 0.6) is 0 Å². The van der Waals surface area contributed by atoms with Crippen LogP contribution in [0.4, 0.5) is 4.39 Å². The van der Waals surface area contributed by atoms with Crippen LogP contribution in [0.3, 0.4) is 0 Å². The smallest absolute Gasteiger partial charge is 0.320 e. The van der Waals surface area contributed by atoms with E-state index in [1.165, 1.54) is 12.1 Å². The van der Waals surface area contributed by atoms with E-state index in [1.54, 1.807) is 30.4 Å². The Balaban J connectivity index is 2.08. The zero-order valence-electron chi connectivity index (χ0n) is 12.2. The van der Waals surface area contributed by atoms with Crippen LogP contribution < -0.4 is 0 Å². The van der Waals surface area contributed by atoms with Crippen molar-refractivity contribution >= 4 is 33.2 Å². The first-order chi connectivity index (χ1) is 10.6. The first kappa shape index (κ1) is 17.1. The summed E-state index contributed by atoms with van der Waals surface area (Å²) in [7, 11) is 0. The number of thiophene rings is 1. The van der Waals surface area contributed by atoms with Crippen LogP contribution in [-0.4, -0.2) is 24.0 Å². The molecule has 0 aliphatic rings. The minimum atomic E-state index is -0.262. The van der Waals surface area contributed by atoms with Gasteiger partial charge in [0.2, 0.25) is 0 Å². The van der Waals surface area contributed by atoms with Crippen LogP contribution in [0.1, 0.15) is 17.4 Å². The highest BCUT2D eigenvalue weighted by molar-refractivity contribution is 9.10. The number of rotatable bonds is 7. The first-order valence-corrected chi connectivity index (χ1v) is 8.60. The van der Waals surface area contributed by atoms with Crippen molar-refractivity contribution in [3.05, 3.63) is 56.4 Å². The van der Waals surface area contributed by atoms with Gasteiger partial charge in [-0.05, 0) is 52.0 Å². The van der Waals surface area contributed by atoms with Crippen LogP contribution >= 0.6 is 27.3 Å². The van der Waals surface area contributed by atoms with Gasteiger partial charge in [-0.1, -0.05) is 12.1 Å². The Labute approximate surface area is 141 Å². The summed E-state index contributed by atoms with van der Waals surface area (Å²) in [6, 6.07) is 8.31. The number of nitrogens with zero attached hydrogens (tertiary/aromatic N) is 1. The van der Waals surface area contributed by atoms with Crippen molar-refractivity contribution in [2.24, 2.45) is 0 Å². The molecule has 2 aromatic rings. The van der Waals surface area contributed by atoms with Crippen LogP contribution in [0.25, 0.3) is 0 Å². The molecule has 0 unspecified atom stereocenters. The maximum absolute atomic E-state index is 13.0. The molecule has 6 heteroatoms. The second-order valence-corrected chi connectivity index (χ2v) is 6.62. The maximum Gasteiger partial charge on any atom is 0.320 e. The molecule has 0 fully saturated rings. The molecule has 0 aliphatic heterocycles. The van der Waals surface area contributed by atoms with Crippen LogP contribution in [-0.2, 0) is 22.6 Å².